The van der Waals surface area contributed by atoms with Gasteiger partial charge in [-0.25, -0.2) is 4.98 Å². The van der Waals surface area contributed by atoms with Crippen LogP contribution in [0.5, 0.6) is 0 Å². The van der Waals surface area contributed by atoms with Crippen LogP contribution in [0.1, 0.15) is 32.7 Å². The van der Waals surface area contributed by atoms with Crippen LogP contribution in [0.15, 0.2) is 18.5 Å². The molecule has 2 N–H and O–H groups in total. The predicted molar refractivity (Wildman–Crippen MR) is 71.3 cm³/mol. The first-order chi connectivity index (χ1) is 8.49. The van der Waals surface area contributed by atoms with Gasteiger partial charge < -0.3 is 15.0 Å². The Morgan fingerprint density at radius 1 is 1.44 bits per heavy atom. The van der Waals surface area contributed by atoms with Crippen LogP contribution in [0.2, 0.25) is 0 Å². The molecule has 18 heavy (non-hydrogen) atoms. The van der Waals surface area contributed by atoms with Crippen molar-refractivity contribution in [1.82, 2.24) is 14.5 Å². The van der Waals surface area contributed by atoms with E-state index < -0.39 is 0 Å². The highest BCUT2D eigenvalue weighted by Crippen LogP contribution is 2.28. The second-order valence-corrected chi connectivity index (χ2v) is 5.30. The number of fused-ring (bicyclic) bond motifs is 1. The Morgan fingerprint density at radius 2 is 2.17 bits per heavy atom. The lowest BCUT2D eigenvalue weighted by Gasteiger charge is -2.26. The van der Waals surface area contributed by atoms with Gasteiger partial charge in [0.25, 0.3) is 0 Å². The Balaban J connectivity index is 2.72. The van der Waals surface area contributed by atoms with E-state index in [0.29, 0.717) is 6.54 Å². The number of hydrogen-bond donors (Lipinski definition) is 1. The second-order valence-electron chi connectivity index (χ2n) is 5.30. The van der Waals surface area contributed by atoms with Crippen LogP contribution in [-0.4, -0.2) is 28.2 Å². The third kappa shape index (κ3) is 2.11. The topological polar surface area (TPSA) is 66.0 Å². The number of ether oxygens (including phenoxy) is 1. The van der Waals surface area contributed by atoms with Crippen molar-refractivity contribution in [3.63, 3.8) is 0 Å². The third-order valence-corrected chi connectivity index (χ3v) is 2.94. The van der Waals surface area contributed by atoms with E-state index in [4.69, 9.17) is 10.5 Å². The molecule has 0 amide bonds. The molecule has 0 radical (unpaired) electrons. The lowest BCUT2D eigenvalue weighted by atomic mass is 10.1. The molecule has 0 aliphatic heterocycles. The number of nitrogens with two attached hydrogens (primary N) is 1. The first-order valence-electron chi connectivity index (χ1n) is 6.04. The highest BCUT2D eigenvalue weighted by Gasteiger charge is 2.25. The number of rotatable bonds is 3. The molecule has 0 fully saturated rings. The summed E-state index contributed by atoms with van der Waals surface area (Å²) in [5.74, 6) is 0.857. The first kappa shape index (κ1) is 13.0. The van der Waals surface area contributed by atoms with Crippen LogP contribution in [0.25, 0.3) is 11.0 Å². The molecular formula is C13H20N4O. The van der Waals surface area contributed by atoms with E-state index in [-0.39, 0.29) is 11.6 Å². The Kier molecular flexibility index (Phi) is 3.36. The maximum absolute atomic E-state index is 5.76. The van der Waals surface area contributed by atoms with Gasteiger partial charge in [-0.1, -0.05) is 0 Å². The number of hydrogen-bond acceptors (Lipinski definition) is 4. The van der Waals surface area contributed by atoms with Crippen molar-refractivity contribution in [2.75, 3.05) is 13.7 Å². The van der Waals surface area contributed by atoms with Crippen molar-refractivity contribution < 1.29 is 4.74 Å². The van der Waals surface area contributed by atoms with Gasteiger partial charge in [0.2, 0.25) is 0 Å². The summed E-state index contributed by atoms with van der Waals surface area (Å²) in [7, 11) is 1.65. The number of nitrogens with zero attached hydrogens (tertiary/aromatic N) is 3. The highest BCUT2D eigenvalue weighted by molar-refractivity contribution is 5.75. The molecule has 5 nitrogen and oxygen atoms in total. The molecule has 2 aromatic rings. The van der Waals surface area contributed by atoms with Crippen LogP contribution in [0, 0.1) is 0 Å². The number of pyridine rings is 1. The van der Waals surface area contributed by atoms with Gasteiger partial charge in [0, 0.05) is 25.4 Å². The molecule has 0 saturated carbocycles. The lowest BCUT2D eigenvalue weighted by Crippen LogP contribution is -2.28. The molecule has 0 bridgehead atoms. The molecule has 2 rings (SSSR count). The van der Waals surface area contributed by atoms with E-state index in [1.165, 1.54) is 0 Å². The fraction of sp³-hybridized carbons (Fsp3) is 0.538. The molecule has 98 valence electrons. The van der Waals surface area contributed by atoms with Crippen LogP contribution in [0.3, 0.4) is 0 Å². The molecule has 0 aliphatic carbocycles. The Hall–Kier alpha value is -1.46. The Bertz CT molecular complexity index is 537. The van der Waals surface area contributed by atoms with E-state index in [0.717, 1.165) is 16.9 Å². The Labute approximate surface area is 107 Å². The standard InChI is InChI=1S/C13H20N4O/c1-13(2,3)17-10-5-6-15-8-9(10)16-12(17)11(7-14)18-4/h5-6,8,11H,7,14H2,1-4H3. The monoisotopic (exact) mass is 248 g/mol. The maximum atomic E-state index is 5.76. The van der Waals surface area contributed by atoms with Crippen molar-refractivity contribution in [3.8, 4) is 0 Å². The summed E-state index contributed by atoms with van der Waals surface area (Å²) in [5, 5.41) is 0. The zero-order valence-electron chi connectivity index (χ0n) is 11.3. The maximum Gasteiger partial charge on any atom is 0.141 e. The Morgan fingerprint density at radius 3 is 2.72 bits per heavy atom. The predicted octanol–water partition coefficient (Wildman–Crippen LogP) is 1.83. The van der Waals surface area contributed by atoms with Crippen molar-refractivity contribution in [2.24, 2.45) is 5.73 Å². The minimum atomic E-state index is -0.198. The number of methoxy groups -OCH3 is 1. The first-order valence-corrected chi connectivity index (χ1v) is 6.04. The SMILES string of the molecule is COC(CN)c1nc2cnccc2n1C(C)(C)C. The van der Waals surface area contributed by atoms with Crippen molar-refractivity contribution in [3.05, 3.63) is 24.3 Å². The molecule has 1 unspecified atom stereocenters. The number of aromatic nitrogens is 3. The molecule has 2 heterocycles. The average molecular weight is 248 g/mol. The van der Waals surface area contributed by atoms with Gasteiger partial charge in [0.05, 0.1) is 11.7 Å². The average Bonchev–Trinajstić information content (AvgIpc) is 2.69. The molecule has 0 saturated heterocycles. The van der Waals surface area contributed by atoms with Gasteiger partial charge in [-0.3, -0.25) is 4.98 Å². The van der Waals surface area contributed by atoms with E-state index >= 15 is 0 Å². The quantitative estimate of drug-likeness (QED) is 0.900. The zero-order valence-corrected chi connectivity index (χ0v) is 11.3. The third-order valence-electron chi connectivity index (χ3n) is 2.94. The molecule has 1 atom stereocenters. The van der Waals surface area contributed by atoms with E-state index in [1.807, 2.05) is 6.07 Å². The van der Waals surface area contributed by atoms with Crippen LogP contribution in [-0.2, 0) is 10.3 Å². The summed E-state index contributed by atoms with van der Waals surface area (Å²) < 4.78 is 7.59. The van der Waals surface area contributed by atoms with Gasteiger partial charge in [0.1, 0.15) is 17.4 Å². The van der Waals surface area contributed by atoms with E-state index in [9.17, 15) is 0 Å². The van der Waals surface area contributed by atoms with Gasteiger partial charge in [-0.15, -0.1) is 0 Å². The van der Waals surface area contributed by atoms with E-state index in [1.54, 1.807) is 19.5 Å². The van der Waals surface area contributed by atoms with Crippen molar-refractivity contribution >= 4 is 11.0 Å². The summed E-state index contributed by atoms with van der Waals surface area (Å²) >= 11 is 0. The van der Waals surface area contributed by atoms with Gasteiger partial charge in [0.15, 0.2) is 0 Å². The summed E-state index contributed by atoms with van der Waals surface area (Å²) in [6, 6.07) is 1.97. The van der Waals surface area contributed by atoms with Crippen LogP contribution >= 0.6 is 0 Å². The number of imidazole rings is 1. The summed E-state index contributed by atoms with van der Waals surface area (Å²) in [5.41, 5.74) is 7.60. The smallest absolute Gasteiger partial charge is 0.141 e. The lowest BCUT2D eigenvalue weighted by molar-refractivity contribution is 0.0962. The molecule has 5 heteroatoms. The fourth-order valence-electron chi connectivity index (χ4n) is 2.18. The molecule has 0 spiro atoms. The summed E-state index contributed by atoms with van der Waals surface area (Å²) in [6.45, 7) is 6.83. The normalized spacial score (nSPS) is 14.1. The molecule has 0 aromatic carbocycles. The summed E-state index contributed by atoms with van der Waals surface area (Å²) in [6.07, 6.45) is 3.35. The molecule has 2 aromatic heterocycles. The van der Waals surface area contributed by atoms with Crippen LogP contribution < -0.4 is 5.73 Å². The minimum Gasteiger partial charge on any atom is -0.372 e. The van der Waals surface area contributed by atoms with Crippen molar-refractivity contribution in [1.29, 1.82) is 0 Å². The van der Waals surface area contributed by atoms with Crippen LogP contribution in [0.4, 0.5) is 0 Å². The zero-order chi connectivity index (χ0) is 13.3. The molecular weight excluding hydrogens is 228 g/mol. The summed E-state index contributed by atoms with van der Waals surface area (Å²) in [4.78, 5) is 8.73. The van der Waals surface area contributed by atoms with Crippen molar-refractivity contribution in [2.45, 2.75) is 32.4 Å². The largest absolute Gasteiger partial charge is 0.372 e. The van der Waals surface area contributed by atoms with E-state index in [2.05, 4.69) is 35.3 Å². The van der Waals surface area contributed by atoms with Gasteiger partial charge in [-0.2, -0.15) is 0 Å². The highest BCUT2D eigenvalue weighted by atomic mass is 16.5. The fourth-order valence-corrected chi connectivity index (χ4v) is 2.18. The van der Waals surface area contributed by atoms with Gasteiger partial charge >= 0.3 is 0 Å². The second kappa shape index (κ2) is 4.66. The van der Waals surface area contributed by atoms with Gasteiger partial charge in [-0.05, 0) is 26.8 Å². The molecule has 0 aliphatic rings. The minimum absolute atomic E-state index is 0.0859.